The number of rotatable bonds is 42. The van der Waals surface area contributed by atoms with Gasteiger partial charge in [0.1, 0.15) is 12.6 Å². The predicted molar refractivity (Wildman–Crippen MR) is 237 cm³/mol. The normalized spacial score (nSPS) is 14.7. The van der Waals surface area contributed by atoms with Crippen LogP contribution in [0.25, 0.3) is 0 Å². The third-order valence-corrected chi connectivity index (χ3v) is 10.7. The van der Waals surface area contributed by atoms with Crippen LogP contribution in [0.2, 0.25) is 0 Å². The number of carboxylic acid groups (broad SMARTS) is 1. The van der Waals surface area contributed by atoms with Gasteiger partial charge in [-0.1, -0.05) is 165 Å². The van der Waals surface area contributed by atoms with Crippen LogP contribution in [0.1, 0.15) is 187 Å². The van der Waals surface area contributed by atoms with Crippen molar-refractivity contribution in [1.29, 1.82) is 0 Å². The maximum absolute atomic E-state index is 12.6. The summed E-state index contributed by atoms with van der Waals surface area (Å²) in [6.45, 7) is 2.48. The minimum atomic E-state index is -4.74. The number of hydrogen-bond donors (Lipinski definition) is 4. The first-order valence-electron chi connectivity index (χ1n) is 22.7. The molecule has 0 spiro atoms. The van der Waals surface area contributed by atoms with Crippen molar-refractivity contribution in [3.63, 3.8) is 0 Å². The lowest BCUT2D eigenvalue weighted by Gasteiger charge is -2.20. The summed E-state index contributed by atoms with van der Waals surface area (Å²) in [7, 11) is -4.74. The molecule has 0 aliphatic rings. The zero-order valence-electron chi connectivity index (χ0n) is 36.7. The molecule has 0 saturated carbocycles. The van der Waals surface area contributed by atoms with Crippen LogP contribution in [0.5, 0.6) is 0 Å². The second-order valence-electron chi connectivity index (χ2n) is 15.3. The molecule has 1 unspecified atom stereocenters. The maximum Gasteiger partial charge on any atom is 0.472 e. The Hall–Kier alpha value is -2.60. The number of ether oxygens (including phenoxy) is 2. The number of phosphoric ester groups is 1. The van der Waals surface area contributed by atoms with Crippen LogP contribution >= 0.6 is 7.82 Å². The van der Waals surface area contributed by atoms with Crippen molar-refractivity contribution in [1.82, 2.24) is 0 Å². The summed E-state index contributed by atoms with van der Waals surface area (Å²) in [5.74, 6) is -2.47. The van der Waals surface area contributed by atoms with E-state index in [4.69, 9.17) is 24.8 Å². The molecule has 59 heavy (non-hydrogen) atoms. The number of aliphatic hydroxyl groups is 1. The molecule has 0 radical (unpaired) electrons. The Morgan fingerprint density at radius 2 is 1.03 bits per heavy atom. The van der Waals surface area contributed by atoms with Gasteiger partial charge in [0.05, 0.1) is 19.3 Å². The van der Waals surface area contributed by atoms with E-state index in [1.54, 1.807) is 0 Å². The zero-order chi connectivity index (χ0) is 43.7. The number of allylic oxidation sites excluding steroid dienone is 8. The quantitative estimate of drug-likeness (QED) is 0.0197. The Morgan fingerprint density at radius 1 is 0.593 bits per heavy atom. The smallest absolute Gasteiger partial charge is 0.472 e. The number of unbranched alkanes of at least 4 members (excludes halogenated alkanes) is 17. The maximum atomic E-state index is 12.6. The minimum absolute atomic E-state index is 0.133. The van der Waals surface area contributed by atoms with Crippen molar-refractivity contribution in [3.8, 4) is 0 Å². The molecule has 0 rings (SSSR count). The highest BCUT2D eigenvalue weighted by Crippen LogP contribution is 2.43. The number of nitrogens with two attached hydrogens (primary N) is 1. The summed E-state index contributed by atoms with van der Waals surface area (Å²) in [6.07, 6.45) is 42.6. The first-order chi connectivity index (χ1) is 28.5. The SMILES string of the molecule is CCCCCCCCCCCCCCCCCCCC(=O)O[C@H](COC(=O)CCC/C=C\C/C=C\C/C=C\C/C=C\CC[C@@H](O)CC)COP(=O)(O)OC[C@H](N)C(=O)O. The van der Waals surface area contributed by atoms with Gasteiger partial charge in [-0.3, -0.25) is 23.4 Å². The molecule has 0 amide bonds. The van der Waals surface area contributed by atoms with E-state index in [0.29, 0.717) is 19.3 Å². The van der Waals surface area contributed by atoms with Crippen molar-refractivity contribution in [3.05, 3.63) is 48.6 Å². The van der Waals surface area contributed by atoms with Crippen LogP contribution in [0, 0.1) is 0 Å². The summed E-state index contributed by atoms with van der Waals surface area (Å²) < 4.78 is 32.7. The third kappa shape index (κ3) is 40.6. The van der Waals surface area contributed by atoms with Crippen molar-refractivity contribution in [2.24, 2.45) is 5.73 Å². The minimum Gasteiger partial charge on any atom is -0.480 e. The first-order valence-corrected chi connectivity index (χ1v) is 24.2. The Morgan fingerprint density at radius 3 is 1.53 bits per heavy atom. The Kier molecular flexibility index (Phi) is 39.0. The number of carbonyl (C=O) groups excluding carboxylic acids is 2. The van der Waals surface area contributed by atoms with Gasteiger partial charge in [-0.2, -0.15) is 0 Å². The standard InChI is InChI=1S/C46H82NO11P/c1-3-5-6-7-8-9-10-11-12-13-14-19-22-25-28-31-34-37-45(50)58-42(39-56-59(53,54)57-40-43(47)46(51)52)38-55-44(49)36-33-30-27-24-21-18-16-15-17-20-23-26-29-32-35-41(48)4-2/h16-18,20,24,26-27,29,41-43,48H,3-15,19,21-23,25,28,30-40,47H2,1-2H3,(H,51,52)(H,53,54)/b18-16-,20-17-,27-24-,29-26-/t41-,42+,43-/m0/s1. The van der Waals surface area contributed by atoms with E-state index < -0.39 is 51.1 Å². The second-order valence-corrected chi connectivity index (χ2v) is 16.8. The monoisotopic (exact) mass is 856 g/mol. The van der Waals surface area contributed by atoms with Crippen LogP contribution in [0.3, 0.4) is 0 Å². The van der Waals surface area contributed by atoms with Crippen molar-refractivity contribution >= 4 is 25.7 Å². The van der Waals surface area contributed by atoms with Crippen LogP contribution in [0.15, 0.2) is 48.6 Å². The topological polar surface area (TPSA) is 192 Å². The lowest BCUT2D eigenvalue weighted by molar-refractivity contribution is -0.161. The van der Waals surface area contributed by atoms with Gasteiger partial charge >= 0.3 is 25.7 Å². The average Bonchev–Trinajstić information content (AvgIpc) is 3.21. The van der Waals surface area contributed by atoms with Gasteiger partial charge in [0.15, 0.2) is 6.10 Å². The molecule has 0 aromatic carbocycles. The molecule has 12 nitrogen and oxygen atoms in total. The lowest BCUT2D eigenvalue weighted by Crippen LogP contribution is -2.34. The number of phosphoric acid groups is 1. The van der Waals surface area contributed by atoms with E-state index >= 15 is 0 Å². The Bertz CT molecular complexity index is 1210. The molecule has 0 fully saturated rings. The predicted octanol–water partition coefficient (Wildman–Crippen LogP) is 11.1. The van der Waals surface area contributed by atoms with Crippen LogP contribution in [-0.4, -0.2) is 71.1 Å². The number of esters is 2. The average molecular weight is 856 g/mol. The van der Waals surface area contributed by atoms with E-state index in [0.717, 1.165) is 57.8 Å². The van der Waals surface area contributed by atoms with Crippen molar-refractivity contribution < 1.29 is 52.6 Å². The molecule has 0 aromatic rings. The van der Waals surface area contributed by atoms with Gasteiger partial charge < -0.3 is 30.3 Å². The van der Waals surface area contributed by atoms with E-state index in [1.165, 1.54) is 83.5 Å². The summed E-state index contributed by atoms with van der Waals surface area (Å²) in [5, 5.41) is 18.5. The summed E-state index contributed by atoms with van der Waals surface area (Å²) in [6, 6.07) is -1.53. The zero-order valence-corrected chi connectivity index (χ0v) is 37.6. The molecule has 0 heterocycles. The molecule has 0 saturated heterocycles. The highest BCUT2D eigenvalue weighted by molar-refractivity contribution is 7.47. The van der Waals surface area contributed by atoms with E-state index in [2.05, 4.69) is 47.9 Å². The molecule has 5 N–H and O–H groups in total. The number of aliphatic hydroxyl groups excluding tert-OH is 1. The highest BCUT2D eigenvalue weighted by Gasteiger charge is 2.28. The second kappa shape index (κ2) is 40.8. The van der Waals surface area contributed by atoms with Gasteiger partial charge in [-0.15, -0.1) is 0 Å². The molecular formula is C46H82NO11P. The van der Waals surface area contributed by atoms with Crippen LogP contribution < -0.4 is 5.73 Å². The van der Waals surface area contributed by atoms with E-state index in [9.17, 15) is 28.9 Å². The molecule has 13 heteroatoms. The number of carboxylic acids is 1. The Balaban J connectivity index is 4.42. The number of hydrogen-bond acceptors (Lipinski definition) is 10. The molecule has 0 aliphatic heterocycles. The number of carbonyl (C=O) groups is 3. The van der Waals surface area contributed by atoms with Crippen LogP contribution in [0.4, 0.5) is 0 Å². The fourth-order valence-corrected chi connectivity index (χ4v) is 6.76. The van der Waals surface area contributed by atoms with Gasteiger partial charge in [-0.05, 0) is 57.8 Å². The molecule has 0 aromatic heterocycles. The summed E-state index contributed by atoms with van der Waals surface area (Å²) in [5.41, 5.74) is 5.33. The summed E-state index contributed by atoms with van der Waals surface area (Å²) >= 11 is 0. The molecule has 4 atom stereocenters. The fraction of sp³-hybridized carbons (Fsp3) is 0.761. The summed E-state index contributed by atoms with van der Waals surface area (Å²) in [4.78, 5) is 46.0. The highest BCUT2D eigenvalue weighted by atomic mass is 31.2. The Labute approximate surface area is 357 Å². The van der Waals surface area contributed by atoms with Gasteiger partial charge in [-0.25, -0.2) is 4.57 Å². The first kappa shape index (κ1) is 56.4. The fourth-order valence-electron chi connectivity index (χ4n) is 5.98. The van der Waals surface area contributed by atoms with Crippen molar-refractivity contribution in [2.45, 2.75) is 205 Å². The molecule has 0 aliphatic carbocycles. The van der Waals surface area contributed by atoms with Gasteiger partial charge in [0.2, 0.25) is 0 Å². The largest absolute Gasteiger partial charge is 0.480 e. The molecule has 342 valence electrons. The van der Waals surface area contributed by atoms with E-state index in [-0.39, 0.29) is 25.6 Å². The van der Waals surface area contributed by atoms with Gasteiger partial charge in [0.25, 0.3) is 0 Å². The van der Waals surface area contributed by atoms with E-state index in [1.807, 2.05) is 19.1 Å². The van der Waals surface area contributed by atoms with Crippen LogP contribution in [-0.2, 0) is 37.5 Å². The van der Waals surface area contributed by atoms with Crippen molar-refractivity contribution in [2.75, 3.05) is 19.8 Å². The lowest BCUT2D eigenvalue weighted by atomic mass is 10.0. The third-order valence-electron chi connectivity index (χ3n) is 9.74. The van der Waals surface area contributed by atoms with Gasteiger partial charge in [0, 0.05) is 12.8 Å². The number of aliphatic carboxylic acids is 1. The molecular weight excluding hydrogens is 773 g/mol. The molecule has 0 bridgehead atoms.